The highest BCUT2D eigenvalue weighted by Gasteiger charge is 2.29. The number of halogens is 1. The molecule has 1 atom stereocenters. The van der Waals surface area contributed by atoms with Gasteiger partial charge >= 0.3 is 0 Å². The Morgan fingerprint density at radius 2 is 1.82 bits per heavy atom. The fourth-order valence-electron chi connectivity index (χ4n) is 2.95. The molecule has 2 aromatic carbocycles. The van der Waals surface area contributed by atoms with E-state index in [2.05, 4.69) is 5.32 Å². The van der Waals surface area contributed by atoms with Crippen LogP contribution in [0.25, 0.3) is 0 Å². The summed E-state index contributed by atoms with van der Waals surface area (Å²) >= 11 is 0. The van der Waals surface area contributed by atoms with E-state index in [0.29, 0.717) is 0 Å². The summed E-state index contributed by atoms with van der Waals surface area (Å²) < 4.78 is 45.0. The quantitative estimate of drug-likeness (QED) is 0.581. The van der Waals surface area contributed by atoms with Gasteiger partial charge in [-0.25, -0.2) is 12.8 Å². The zero-order valence-electron chi connectivity index (χ0n) is 15.2. The Labute approximate surface area is 162 Å². The zero-order chi connectivity index (χ0) is 20.3. The summed E-state index contributed by atoms with van der Waals surface area (Å²) in [6.45, 7) is 2.76. The van der Waals surface area contributed by atoms with Crippen LogP contribution in [0.2, 0.25) is 0 Å². The minimum absolute atomic E-state index is 0.138. The van der Waals surface area contributed by atoms with Gasteiger partial charge in [0, 0.05) is 25.2 Å². The van der Waals surface area contributed by atoms with Crippen molar-refractivity contribution in [2.24, 2.45) is 0 Å². The van der Waals surface area contributed by atoms with Crippen LogP contribution in [0.4, 0.5) is 15.8 Å². The molecule has 1 aliphatic rings. The molecule has 0 bridgehead atoms. The Morgan fingerprint density at radius 3 is 2.43 bits per heavy atom. The number of benzene rings is 2. The summed E-state index contributed by atoms with van der Waals surface area (Å²) in [6, 6.07) is 9.21. The van der Waals surface area contributed by atoms with E-state index in [-0.39, 0.29) is 54.4 Å². The summed E-state index contributed by atoms with van der Waals surface area (Å²) in [4.78, 5) is 10.8. The zero-order valence-corrected chi connectivity index (χ0v) is 16.0. The smallest absolute Gasteiger partial charge is 0.293 e. The van der Waals surface area contributed by atoms with Crippen LogP contribution in [0.1, 0.15) is 18.5 Å². The fraction of sp³-hybridized carbons (Fsp3) is 0.333. The van der Waals surface area contributed by atoms with Gasteiger partial charge in [0.2, 0.25) is 10.0 Å². The van der Waals surface area contributed by atoms with E-state index in [1.807, 2.05) is 0 Å². The van der Waals surface area contributed by atoms with Crippen LogP contribution in [0.15, 0.2) is 47.4 Å². The van der Waals surface area contributed by atoms with Gasteiger partial charge in [-0.05, 0) is 36.8 Å². The first kappa shape index (κ1) is 20.2. The number of rotatable bonds is 6. The van der Waals surface area contributed by atoms with Gasteiger partial charge in [0.15, 0.2) is 0 Å². The molecule has 1 N–H and O–H groups in total. The third-order valence-electron chi connectivity index (χ3n) is 4.52. The molecule has 0 radical (unpaired) electrons. The van der Waals surface area contributed by atoms with Crippen LogP contribution < -0.4 is 5.32 Å². The van der Waals surface area contributed by atoms with E-state index in [1.54, 1.807) is 19.1 Å². The summed E-state index contributed by atoms with van der Waals surface area (Å²) in [5, 5.41) is 14.5. The standard InChI is InChI=1S/C18H20FN3O5S/c1-13(14-2-4-15(19)5-3-14)20-17-7-6-16(12-18(17)22(23)24)28(25,26)21-8-10-27-11-9-21/h2-7,12-13,20H,8-11H2,1H3/t13-/m0/s1. The van der Waals surface area contributed by atoms with Crippen molar-refractivity contribution in [2.75, 3.05) is 31.6 Å². The number of ether oxygens (including phenoxy) is 1. The number of nitro benzene ring substituents is 1. The first-order chi connectivity index (χ1) is 13.3. The Morgan fingerprint density at radius 1 is 1.18 bits per heavy atom. The third-order valence-corrected chi connectivity index (χ3v) is 6.41. The van der Waals surface area contributed by atoms with Crippen molar-refractivity contribution >= 4 is 21.4 Å². The molecule has 1 saturated heterocycles. The Balaban J connectivity index is 1.89. The maximum absolute atomic E-state index is 13.1. The topological polar surface area (TPSA) is 102 Å². The lowest BCUT2D eigenvalue weighted by molar-refractivity contribution is -0.384. The normalized spacial score (nSPS) is 16.5. The van der Waals surface area contributed by atoms with Gasteiger partial charge in [0.1, 0.15) is 11.5 Å². The van der Waals surface area contributed by atoms with E-state index in [0.717, 1.165) is 11.6 Å². The molecule has 0 saturated carbocycles. The number of anilines is 1. The molecule has 0 aliphatic carbocycles. The summed E-state index contributed by atoms with van der Waals surface area (Å²) in [5.41, 5.74) is 0.576. The highest BCUT2D eigenvalue weighted by Crippen LogP contribution is 2.32. The number of hydrogen-bond acceptors (Lipinski definition) is 6. The van der Waals surface area contributed by atoms with Crippen LogP contribution in [0, 0.1) is 15.9 Å². The maximum Gasteiger partial charge on any atom is 0.293 e. The monoisotopic (exact) mass is 409 g/mol. The number of nitrogens with zero attached hydrogens (tertiary/aromatic N) is 2. The van der Waals surface area contributed by atoms with Crippen molar-refractivity contribution in [2.45, 2.75) is 17.9 Å². The van der Waals surface area contributed by atoms with Gasteiger partial charge < -0.3 is 10.1 Å². The predicted octanol–water partition coefficient (Wildman–Crippen LogP) is 2.93. The predicted molar refractivity (Wildman–Crippen MR) is 101 cm³/mol. The van der Waals surface area contributed by atoms with Crippen LogP contribution in [0.5, 0.6) is 0 Å². The molecular weight excluding hydrogens is 389 g/mol. The second kappa shape index (κ2) is 8.21. The molecule has 150 valence electrons. The average Bonchev–Trinajstić information content (AvgIpc) is 2.69. The molecule has 1 fully saturated rings. The lowest BCUT2D eigenvalue weighted by Gasteiger charge is -2.26. The Bertz CT molecular complexity index is 960. The van der Waals surface area contributed by atoms with E-state index < -0.39 is 14.9 Å². The second-order valence-electron chi connectivity index (χ2n) is 6.37. The maximum atomic E-state index is 13.1. The summed E-state index contributed by atoms with van der Waals surface area (Å²) in [6.07, 6.45) is 0. The molecule has 8 nitrogen and oxygen atoms in total. The van der Waals surface area contributed by atoms with Crippen molar-refractivity contribution in [1.29, 1.82) is 0 Å². The molecule has 0 unspecified atom stereocenters. The molecular formula is C18H20FN3O5S. The molecule has 0 amide bonds. The number of nitrogens with one attached hydrogen (secondary N) is 1. The van der Waals surface area contributed by atoms with Gasteiger partial charge in [-0.2, -0.15) is 4.31 Å². The van der Waals surface area contributed by atoms with Gasteiger partial charge in [0.05, 0.1) is 23.0 Å². The second-order valence-corrected chi connectivity index (χ2v) is 8.31. The highest BCUT2D eigenvalue weighted by molar-refractivity contribution is 7.89. The van der Waals surface area contributed by atoms with Crippen LogP contribution in [0.3, 0.4) is 0 Å². The average molecular weight is 409 g/mol. The summed E-state index contributed by atoms with van der Waals surface area (Å²) in [7, 11) is -3.84. The Hall–Kier alpha value is -2.56. The van der Waals surface area contributed by atoms with Crippen molar-refractivity contribution in [3.63, 3.8) is 0 Å². The highest BCUT2D eigenvalue weighted by atomic mass is 32.2. The van der Waals surface area contributed by atoms with Gasteiger partial charge in [-0.1, -0.05) is 12.1 Å². The lowest BCUT2D eigenvalue weighted by Crippen LogP contribution is -2.40. The van der Waals surface area contributed by atoms with Crippen molar-refractivity contribution in [3.8, 4) is 0 Å². The van der Waals surface area contributed by atoms with Gasteiger partial charge in [0.25, 0.3) is 5.69 Å². The van der Waals surface area contributed by atoms with Crippen LogP contribution in [-0.2, 0) is 14.8 Å². The van der Waals surface area contributed by atoms with E-state index in [4.69, 9.17) is 4.74 Å². The minimum Gasteiger partial charge on any atom is -0.379 e. The molecule has 3 rings (SSSR count). The molecule has 28 heavy (non-hydrogen) atoms. The molecule has 0 aromatic heterocycles. The van der Waals surface area contributed by atoms with Gasteiger partial charge in [-0.3, -0.25) is 10.1 Å². The molecule has 2 aromatic rings. The van der Waals surface area contributed by atoms with E-state index in [1.165, 1.54) is 28.6 Å². The minimum atomic E-state index is -3.84. The third kappa shape index (κ3) is 4.29. The first-order valence-electron chi connectivity index (χ1n) is 8.67. The lowest BCUT2D eigenvalue weighted by atomic mass is 10.1. The number of morpholine rings is 1. The number of hydrogen-bond donors (Lipinski definition) is 1. The summed E-state index contributed by atoms with van der Waals surface area (Å²) in [5.74, 6) is -0.375. The molecule has 1 heterocycles. The van der Waals surface area contributed by atoms with Gasteiger partial charge in [-0.15, -0.1) is 0 Å². The molecule has 1 aliphatic heterocycles. The van der Waals surface area contributed by atoms with E-state index >= 15 is 0 Å². The van der Waals surface area contributed by atoms with Crippen molar-refractivity contribution < 1.29 is 22.5 Å². The SMILES string of the molecule is C[C@H](Nc1ccc(S(=O)(=O)N2CCOCC2)cc1[N+](=O)[O-])c1ccc(F)cc1. The van der Waals surface area contributed by atoms with Crippen molar-refractivity contribution in [1.82, 2.24) is 4.31 Å². The van der Waals surface area contributed by atoms with E-state index in [9.17, 15) is 22.9 Å². The largest absolute Gasteiger partial charge is 0.379 e. The first-order valence-corrected chi connectivity index (χ1v) is 10.1. The number of nitro groups is 1. The molecule has 10 heteroatoms. The fourth-order valence-corrected chi connectivity index (χ4v) is 4.38. The van der Waals surface area contributed by atoms with Crippen molar-refractivity contribution in [3.05, 3.63) is 64.0 Å². The Kier molecular flexibility index (Phi) is 5.92. The van der Waals surface area contributed by atoms with Crippen LogP contribution in [-0.4, -0.2) is 43.9 Å². The van der Waals surface area contributed by atoms with Crippen LogP contribution >= 0.6 is 0 Å². The molecule has 0 spiro atoms. The number of sulfonamides is 1.